The highest BCUT2D eigenvalue weighted by atomic mass is 32.2. The predicted octanol–water partition coefficient (Wildman–Crippen LogP) is -0.394. The molecule has 2 atom stereocenters. The smallest absolute Gasteiger partial charge is 0.251 e. The molecule has 1 heterocycles. The van der Waals surface area contributed by atoms with Gasteiger partial charge in [0.1, 0.15) is 19.2 Å². The lowest BCUT2D eigenvalue weighted by molar-refractivity contribution is -0.914. The Morgan fingerprint density at radius 1 is 1.31 bits per heavy atom. The van der Waals surface area contributed by atoms with E-state index in [0.717, 1.165) is 23.9 Å². The number of nitrogens with one attached hydrogen (secondary N) is 2. The number of amides is 1. The van der Waals surface area contributed by atoms with E-state index in [1.54, 1.807) is 0 Å². The molecule has 1 saturated heterocycles. The summed E-state index contributed by atoms with van der Waals surface area (Å²) in [6.07, 6.45) is 0.00911. The second-order valence-electron chi connectivity index (χ2n) is 7.32. The Morgan fingerprint density at radius 3 is 2.54 bits per heavy atom. The molecule has 2 rings (SSSR count). The van der Waals surface area contributed by atoms with Gasteiger partial charge in [0, 0.05) is 32.1 Å². The van der Waals surface area contributed by atoms with Gasteiger partial charge in [-0.15, -0.1) is 0 Å². The van der Waals surface area contributed by atoms with E-state index < -0.39 is 10.0 Å². The van der Waals surface area contributed by atoms with Gasteiger partial charge in [-0.05, 0) is 24.3 Å². The minimum atomic E-state index is -3.49. The van der Waals surface area contributed by atoms with E-state index in [1.165, 1.54) is 43.3 Å². The maximum absolute atomic E-state index is 12.3. The van der Waals surface area contributed by atoms with Gasteiger partial charge in [-0.1, -0.05) is 13.8 Å². The summed E-state index contributed by atoms with van der Waals surface area (Å²) in [5, 5.41) is 2.89. The van der Waals surface area contributed by atoms with Gasteiger partial charge in [-0.3, -0.25) is 4.79 Å². The quantitative estimate of drug-likeness (QED) is 0.671. The first-order chi connectivity index (χ1) is 12.2. The summed E-state index contributed by atoms with van der Waals surface area (Å²) in [4.78, 5) is 14.0. The molecule has 8 heteroatoms. The second kappa shape index (κ2) is 8.94. The topological polar surface area (TPSA) is 80.1 Å². The highest BCUT2D eigenvalue weighted by molar-refractivity contribution is 7.89. The largest absolute Gasteiger partial charge is 0.365 e. The molecule has 0 radical (unpaired) electrons. The number of hydrogen-bond donors (Lipinski definition) is 2. The van der Waals surface area contributed by atoms with E-state index in [1.807, 2.05) is 0 Å². The highest BCUT2D eigenvalue weighted by Gasteiger charge is 2.25. The third-order valence-corrected chi connectivity index (χ3v) is 6.24. The Bertz CT molecular complexity index is 702. The van der Waals surface area contributed by atoms with Crippen molar-refractivity contribution >= 4 is 15.9 Å². The van der Waals surface area contributed by atoms with Crippen molar-refractivity contribution in [3.8, 4) is 0 Å². The van der Waals surface area contributed by atoms with Crippen LogP contribution in [-0.4, -0.2) is 71.6 Å². The van der Waals surface area contributed by atoms with Crippen molar-refractivity contribution in [2.75, 3.05) is 46.9 Å². The van der Waals surface area contributed by atoms with Gasteiger partial charge in [-0.25, -0.2) is 12.7 Å². The van der Waals surface area contributed by atoms with Crippen LogP contribution in [0.2, 0.25) is 0 Å². The number of carbonyl (C=O) groups excluding carboxylic acids is 1. The van der Waals surface area contributed by atoms with E-state index in [9.17, 15) is 13.2 Å². The lowest BCUT2D eigenvalue weighted by Gasteiger charge is -2.31. The number of hydrogen-bond acceptors (Lipinski definition) is 4. The monoisotopic (exact) mass is 384 g/mol. The average Bonchev–Trinajstić information content (AvgIpc) is 2.59. The number of sulfonamides is 1. The van der Waals surface area contributed by atoms with Crippen LogP contribution in [0.15, 0.2) is 29.2 Å². The van der Waals surface area contributed by atoms with Crippen molar-refractivity contribution in [3.63, 3.8) is 0 Å². The summed E-state index contributed by atoms with van der Waals surface area (Å²) < 4.78 is 31.0. The van der Waals surface area contributed by atoms with E-state index in [0.29, 0.717) is 24.6 Å². The summed E-state index contributed by atoms with van der Waals surface area (Å²) in [6.45, 7) is 8.58. The van der Waals surface area contributed by atoms with E-state index in [2.05, 4.69) is 19.2 Å². The molecule has 7 nitrogen and oxygen atoms in total. The molecule has 0 aliphatic carbocycles. The zero-order valence-corrected chi connectivity index (χ0v) is 16.8. The number of quaternary nitrogens is 1. The van der Waals surface area contributed by atoms with Crippen LogP contribution in [0.25, 0.3) is 0 Å². The fourth-order valence-corrected chi connectivity index (χ4v) is 3.95. The standard InChI is InChI=1S/C18H29N3O4S/c1-14(2)12-21-9-10-25-16(13-21)11-19-18(22)15-5-7-17(8-6-15)26(23,24)20(3)4/h5-8,14,16H,9-13H2,1-4H3,(H,19,22)/p+1/t16-/m0/s1. The van der Waals surface area contributed by atoms with Gasteiger partial charge in [-0.2, -0.15) is 0 Å². The van der Waals surface area contributed by atoms with Gasteiger partial charge in [0.2, 0.25) is 10.0 Å². The van der Waals surface area contributed by atoms with Crippen LogP contribution in [0.5, 0.6) is 0 Å². The lowest BCUT2D eigenvalue weighted by Crippen LogP contribution is -3.15. The normalized spacial score (nSPS) is 21.2. The van der Waals surface area contributed by atoms with Crippen LogP contribution in [-0.2, 0) is 14.8 Å². The molecule has 1 aliphatic rings. The third kappa shape index (κ3) is 5.51. The molecule has 1 unspecified atom stereocenters. The van der Waals surface area contributed by atoms with Crippen LogP contribution >= 0.6 is 0 Å². The SMILES string of the molecule is CC(C)C[NH+]1CCO[C@@H](CNC(=O)c2ccc(S(=O)(=O)N(C)C)cc2)C1. The van der Waals surface area contributed by atoms with E-state index in [4.69, 9.17) is 4.74 Å². The van der Waals surface area contributed by atoms with Gasteiger partial charge >= 0.3 is 0 Å². The lowest BCUT2D eigenvalue weighted by atomic mass is 10.1. The number of nitrogens with zero attached hydrogens (tertiary/aromatic N) is 1. The maximum Gasteiger partial charge on any atom is 0.251 e. The molecular formula is C18H30N3O4S+. The van der Waals surface area contributed by atoms with Crippen molar-refractivity contribution in [1.82, 2.24) is 9.62 Å². The minimum absolute atomic E-state index is 0.00911. The zero-order valence-electron chi connectivity index (χ0n) is 16.0. The number of carbonyl (C=O) groups is 1. The Hall–Kier alpha value is -1.48. The van der Waals surface area contributed by atoms with Crippen molar-refractivity contribution in [1.29, 1.82) is 0 Å². The molecule has 1 fully saturated rings. The van der Waals surface area contributed by atoms with E-state index in [-0.39, 0.29) is 16.9 Å². The van der Waals surface area contributed by atoms with Crippen molar-refractivity contribution in [3.05, 3.63) is 29.8 Å². The molecule has 146 valence electrons. The Labute approximate surface area is 156 Å². The molecule has 0 aromatic heterocycles. The highest BCUT2D eigenvalue weighted by Crippen LogP contribution is 2.14. The third-order valence-electron chi connectivity index (χ3n) is 4.41. The maximum atomic E-state index is 12.3. The van der Waals surface area contributed by atoms with Crippen LogP contribution in [0.4, 0.5) is 0 Å². The predicted molar refractivity (Wildman–Crippen MR) is 99.8 cm³/mol. The summed E-state index contributed by atoms with van der Waals surface area (Å²) in [7, 11) is -0.532. The zero-order chi connectivity index (χ0) is 19.3. The molecule has 0 bridgehead atoms. The summed E-state index contributed by atoms with van der Waals surface area (Å²) in [5.41, 5.74) is 0.435. The number of rotatable bonds is 7. The molecular weight excluding hydrogens is 354 g/mol. The van der Waals surface area contributed by atoms with E-state index >= 15 is 0 Å². The molecule has 0 saturated carbocycles. The van der Waals surface area contributed by atoms with Crippen LogP contribution in [0.1, 0.15) is 24.2 Å². The molecule has 1 aliphatic heterocycles. The van der Waals surface area contributed by atoms with Gasteiger partial charge in [0.05, 0.1) is 18.0 Å². The fraction of sp³-hybridized carbons (Fsp3) is 0.611. The summed E-state index contributed by atoms with van der Waals surface area (Å²) in [5.74, 6) is 0.411. The summed E-state index contributed by atoms with van der Waals surface area (Å²) >= 11 is 0. The van der Waals surface area contributed by atoms with Gasteiger partial charge in [0.25, 0.3) is 5.91 Å². The molecule has 26 heavy (non-hydrogen) atoms. The minimum Gasteiger partial charge on any atom is -0.365 e. The first-order valence-electron chi connectivity index (χ1n) is 8.96. The Morgan fingerprint density at radius 2 is 1.96 bits per heavy atom. The number of benzene rings is 1. The fourth-order valence-electron chi connectivity index (χ4n) is 3.04. The van der Waals surface area contributed by atoms with Crippen molar-refractivity contribution in [2.45, 2.75) is 24.8 Å². The molecule has 2 N–H and O–H groups in total. The van der Waals surface area contributed by atoms with Crippen LogP contribution in [0.3, 0.4) is 0 Å². The first kappa shape index (κ1) is 20.8. The van der Waals surface area contributed by atoms with Crippen LogP contribution in [0, 0.1) is 5.92 Å². The van der Waals surface area contributed by atoms with Crippen LogP contribution < -0.4 is 10.2 Å². The molecule has 1 aromatic rings. The molecule has 0 spiro atoms. The number of ether oxygens (including phenoxy) is 1. The number of morpholine rings is 1. The average molecular weight is 385 g/mol. The second-order valence-corrected chi connectivity index (χ2v) is 9.47. The molecule has 1 aromatic carbocycles. The Kier molecular flexibility index (Phi) is 7.16. The Balaban J connectivity index is 1.90. The first-order valence-corrected chi connectivity index (χ1v) is 10.4. The van der Waals surface area contributed by atoms with Gasteiger partial charge in [0.15, 0.2) is 0 Å². The van der Waals surface area contributed by atoms with Crippen molar-refractivity contribution in [2.24, 2.45) is 5.92 Å². The molecule has 1 amide bonds. The summed E-state index contributed by atoms with van der Waals surface area (Å²) in [6, 6.07) is 5.97. The van der Waals surface area contributed by atoms with Gasteiger partial charge < -0.3 is 15.0 Å². The van der Waals surface area contributed by atoms with Crippen molar-refractivity contribution < 1.29 is 22.8 Å².